The molecule has 2 unspecified atom stereocenters. The summed E-state index contributed by atoms with van der Waals surface area (Å²) in [5.74, 6) is 0.368. The van der Waals surface area contributed by atoms with E-state index in [4.69, 9.17) is 0 Å². The summed E-state index contributed by atoms with van der Waals surface area (Å²) in [4.78, 5) is 0. The highest BCUT2D eigenvalue weighted by Crippen LogP contribution is 2.30. The predicted octanol–water partition coefficient (Wildman–Crippen LogP) is 1.28. The zero-order chi connectivity index (χ0) is 10.9. The summed E-state index contributed by atoms with van der Waals surface area (Å²) >= 11 is 0. The summed E-state index contributed by atoms with van der Waals surface area (Å²) in [7, 11) is -2.87. The number of rotatable bonds is 2. The van der Waals surface area contributed by atoms with Gasteiger partial charge in [-0.05, 0) is 37.7 Å². The van der Waals surface area contributed by atoms with Gasteiger partial charge in [0.05, 0.1) is 17.6 Å². The lowest BCUT2D eigenvalue weighted by atomic mass is 9.88. The lowest BCUT2D eigenvalue weighted by Crippen LogP contribution is -2.24. The van der Waals surface area contributed by atoms with Gasteiger partial charge in [-0.25, -0.2) is 8.42 Å². The van der Waals surface area contributed by atoms with Crippen molar-refractivity contribution >= 4 is 9.84 Å². The Hall–Kier alpha value is -0.350. The van der Waals surface area contributed by atoms with Crippen LogP contribution in [0.1, 0.15) is 32.1 Å². The first-order chi connectivity index (χ1) is 7.08. The van der Waals surface area contributed by atoms with Crippen LogP contribution in [-0.4, -0.2) is 31.1 Å². The summed E-state index contributed by atoms with van der Waals surface area (Å²) in [6.07, 6.45) is 6.51. The van der Waals surface area contributed by atoms with Crippen LogP contribution in [0.4, 0.5) is 0 Å². The average Bonchev–Trinajstić information content (AvgIpc) is 2.59. The number of allylic oxidation sites excluding steroid dienone is 1. The second-order valence-corrected chi connectivity index (χ2v) is 6.86. The minimum absolute atomic E-state index is 0.0562. The van der Waals surface area contributed by atoms with E-state index in [-0.39, 0.29) is 17.4 Å². The van der Waals surface area contributed by atoms with Crippen LogP contribution in [-0.2, 0) is 9.84 Å². The molecule has 1 heterocycles. The molecule has 2 atom stereocenters. The first-order valence-electron chi connectivity index (χ1n) is 5.66. The molecule has 0 amide bonds. The molecule has 1 aliphatic heterocycles. The van der Waals surface area contributed by atoms with Gasteiger partial charge < -0.3 is 5.11 Å². The summed E-state index contributed by atoms with van der Waals surface area (Å²) in [5, 5.41) is 10.1. The minimum Gasteiger partial charge on any atom is -0.388 e. The fraction of sp³-hybridized carbons (Fsp3) is 0.818. The largest absolute Gasteiger partial charge is 0.388 e. The monoisotopic (exact) mass is 230 g/mol. The average molecular weight is 230 g/mol. The van der Waals surface area contributed by atoms with Crippen molar-refractivity contribution in [2.45, 2.75) is 38.2 Å². The fourth-order valence-corrected chi connectivity index (χ4v) is 4.34. The van der Waals surface area contributed by atoms with Gasteiger partial charge in [0, 0.05) is 5.92 Å². The second-order valence-electron chi connectivity index (χ2n) is 4.63. The number of sulfone groups is 1. The van der Waals surface area contributed by atoms with Crippen molar-refractivity contribution < 1.29 is 13.5 Å². The van der Waals surface area contributed by atoms with Gasteiger partial charge in [0.1, 0.15) is 0 Å². The molecule has 1 N–H and O–H groups in total. The van der Waals surface area contributed by atoms with Crippen LogP contribution >= 0.6 is 0 Å². The molecule has 2 aliphatic rings. The Morgan fingerprint density at radius 2 is 2.20 bits per heavy atom. The highest BCUT2D eigenvalue weighted by molar-refractivity contribution is 7.91. The third-order valence-corrected chi connectivity index (χ3v) is 5.21. The van der Waals surface area contributed by atoms with Gasteiger partial charge in [-0.15, -0.1) is 0 Å². The van der Waals surface area contributed by atoms with Crippen LogP contribution in [0.25, 0.3) is 0 Å². The molecule has 0 saturated carbocycles. The fourth-order valence-electron chi connectivity index (χ4n) is 2.51. The van der Waals surface area contributed by atoms with E-state index in [1.807, 2.05) is 0 Å². The van der Waals surface area contributed by atoms with E-state index in [1.165, 1.54) is 6.42 Å². The first kappa shape index (κ1) is 11.1. The van der Waals surface area contributed by atoms with Crippen LogP contribution in [0.2, 0.25) is 0 Å². The Bertz CT molecular complexity index is 356. The van der Waals surface area contributed by atoms with Crippen LogP contribution in [0.5, 0.6) is 0 Å². The van der Waals surface area contributed by atoms with Crippen molar-refractivity contribution in [3.8, 4) is 0 Å². The minimum atomic E-state index is -2.87. The molecule has 3 nitrogen and oxygen atoms in total. The van der Waals surface area contributed by atoms with Crippen molar-refractivity contribution in [2.24, 2.45) is 5.92 Å². The van der Waals surface area contributed by atoms with E-state index in [0.29, 0.717) is 6.42 Å². The molecule has 0 spiro atoms. The van der Waals surface area contributed by atoms with Gasteiger partial charge in [-0.3, -0.25) is 0 Å². The molecule has 1 saturated heterocycles. The van der Waals surface area contributed by atoms with Crippen LogP contribution in [0, 0.1) is 5.92 Å². The summed E-state index contributed by atoms with van der Waals surface area (Å²) in [6, 6.07) is 0. The van der Waals surface area contributed by atoms with E-state index in [9.17, 15) is 13.5 Å². The third-order valence-electron chi connectivity index (χ3n) is 3.42. The molecule has 1 aliphatic carbocycles. The van der Waals surface area contributed by atoms with E-state index < -0.39 is 15.9 Å². The van der Waals surface area contributed by atoms with Gasteiger partial charge in [0.15, 0.2) is 9.84 Å². The van der Waals surface area contributed by atoms with Crippen molar-refractivity contribution in [1.29, 1.82) is 0 Å². The third kappa shape index (κ3) is 2.61. The van der Waals surface area contributed by atoms with Gasteiger partial charge in [0.25, 0.3) is 0 Å². The zero-order valence-electron chi connectivity index (χ0n) is 8.85. The molecule has 2 rings (SSSR count). The second kappa shape index (κ2) is 4.26. The standard InChI is InChI=1S/C11H18O3S/c12-11(9-4-2-1-3-5-9)10-6-7-15(13,14)8-10/h4,10-12H,1-3,5-8H2. The van der Waals surface area contributed by atoms with Crippen LogP contribution < -0.4 is 0 Å². The van der Waals surface area contributed by atoms with E-state index in [1.54, 1.807) is 0 Å². The maximum atomic E-state index is 11.3. The lowest BCUT2D eigenvalue weighted by molar-refractivity contribution is 0.148. The van der Waals surface area contributed by atoms with Crippen LogP contribution in [0.3, 0.4) is 0 Å². The van der Waals surface area contributed by atoms with Gasteiger partial charge in [-0.2, -0.15) is 0 Å². The summed E-state index contributed by atoms with van der Waals surface area (Å²) in [5.41, 5.74) is 1.07. The number of aliphatic hydroxyl groups excluding tert-OH is 1. The van der Waals surface area contributed by atoms with E-state index in [0.717, 1.165) is 24.8 Å². The SMILES string of the molecule is O=S1(=O)CCC(C(O)C2=CCCCC2)C1. The quantitative estimate of drug-likeness (QED) is 0.727. The van der Waals surface area contributed by atoms with Crippen molar-refractivity contribution in [3.05, 3.63) is 11.6 Å². The predicted molar refractivity (Wildman–Crippen MR) is 59.3 cm³/mol. The normalized spacial score (nSPS) is 32.3. The number of hydrogen-bond donors (Lipinski definition) is 1. The molecular formula is C11H18O3S. The summed E-state index contributed by atoms with van der Waals surface area (Å²) < 4.78 is 22.6. The topological polar surface area (TPSA) is 54.4 Å². The van der Waals surface area contributed by atoms with E-state index in [2.05, 4.69) is 6.08 Å². The Balaban J connectivity index is 2.02. The van der Waals surface area contributed by atoms with Crippen molar-refractivity contribution in [2.75, 3.05) is 11.5 Å². The van der Waals surface area contributed by atoms with Crippen molar-refractivity contribution in [3.63, 3.8) is 0 Å². The smallest absolute Gasteiger partial charge is 0.150 e. The molecule has 86 valence electrons. The molecule has 4 heteroatoms. The Kier molecular flexibility index (Phi) is 3.16. The van der Waals surface area contributed by atoms with Crippen LogP contribution in [0.15, 0.2) is 11.6 Å². The molecule has 1 fully saturated rings. The molecule has 0 radical (unpaired) electrons. The number of hydrogen-bond acceptors (Lipinski definition) is 3. The molecule has 0 aromatic heterocycles. The molecule has 0 bridgehead atoms. The maximum absolute atomic E-state index is 11.3. The highest BCUT2D eigenvalue weighted by atomic mass is 32.2. The van der Waals surface area contributed by atoms with Gasteiger partial charge in [0.2, 0.25) is 0 Å². The summed E-state index contributed by atoms with van der Waals surface area (Å²) in [6.45, 7) is 0. The zero-order valence-corrected chi connectivity index (χ0v) is 9.67. The maximum Gasteiger partial charge on any atom is 0.150 e. The molecule has 0 aromatic carbocycles. The lowest BCUT2D eigenvalue weighted by Gasteiger charge is -2.22. The molecule has 15 heavy (non-hydrogen) atoms. The molecule has 0 aromatic rings. The van der Waals surface area contributed by atoms with Gasteiger partial charge in [-0.1, -0.05) is 6.08 Å². The Labute approximate surface area is 91.1 Å². The van der Waals surface area contributed by atoms with E-state index >= 15 is 0 Å². The molecular weight excluding hydrogens is 212 g/mol. The van der Waals surface area contributed by atoms with Gasteiger partial charge >= 0.3 is 0 Å². The highest BCUT2D eigenvalue weighted by Gasteiger charge is 2.34. The Morgan fingerprint density at radius 3 is 2.73 bits per heavy atom. The van der Waals surface area contributed by atoms with Crippen molar-refractivity contribution in [1.82, 2.24) is 0 Å². The first-order valence-corrected chi connectivity index (χ1v) is 7.48. The number of aliphatic hydroxyl groups is 1. The Morgan fingerprint density at radius 1 is 1.40 bits per heavy atom.